The first-order chi connectivity index (χ1) is 18.5. The topological polar surface area (TPSA) is 98.3 Å². The van der Waals surface area contributed by atoms with E-state index < -0.39 is 11.6 Å². The number of morpholine rings is 1. The summed E-state index contributed by atoms with van der Waals surface area (Å²) in [4.78, 5) is 37.3. The van der Waals surface area contributed by atoms with E-state index in [1.54, 1.807) is 23.1 Å². The molecule has 3 aliphatic rings. The molecule has 3 aromatic rings. The number of fused-ring (bicyclic) bond motifs is 4. The highest BCUT2D eigenvalue weighted by Gasteiger charge is 2.61. The molecule has 3 amide bonds. The number of carbonyl (C=O) groups is 2. The van der Waals surface area contributed by atoms with Crippen LogP contribution in [0, 0.1) is 0 Å². The van der Waals surface area contributed by atoms with Crippen molar-refractivity contribution >= 4 is 22.8 Å². The van der Waals surface area contributed by atoms with Gasteiger partial charge in [0.25, 0.3) is 5.91 Å². The molecule has 4 heterocycles. The number of hydrogen-bond donors (Lipinski definition) is 2. The Morgan fingerprint density at radius 3 is 2.66 bits per heavy atom. The van der Waals surface area contributed by atoms with Gasteiger partial charge >= 0.3 is 6.03 Å². The molecule has 2 atom stereocenters. The fourth-order valence-electron chi connectivity index (χ4n) is 6.34. The molecule has 2 aromatic carbocycles. The Labute approximate surface area is 221 Å². The molecule has 9 nitrogen and oxygen atoms in total. The van der Waals surface area contributed by atoms with Gasteiger partial charge in [-0.1, -0.05) is 19.1 Å². The average Bonchev–Trinajstić information content (AvgIpc) is 3.39. The highest BCUT2D eigenvalue weighted by Crippen LogP contribution is 2.50. The quantitative estimate of drug-likeness (QED) is 0.464. The lowest BCUT2D eigenvalue weighted by atomic mass is 9.78. The standard InChI is InChI=1S/C29H34N4O5/c1-3-29-18-23-22-17-21(38-4-2)8-9-24(22)30-25(23)26(19-6-5-7-20(34)16-19)33(29)28(36)32(27(29)35)11-10-31-12-14-37-15-13-31/h5-9,16-17,26,30,34H,3-4,10-15,18H2,1-2H3. The highest BCUT2D eigenvalue weighted by atomic mass is 16.5. The maximum atomic E-state index is 14.2. The number of benzene rings is 2. The summed E-state index contributed by atoms with van der Waals surface area (Å²) in [6.07, 6.45) is 0.903. The van der Waals surface area contributed by atoms with Gasteiger partial charge in [-0.15, -0.1) is 0 Å². The van der Waals surface area contributed by atoms with Crippen molar-refractivity contribution in [2.24, 2.45) is 0 Å². The molecule has 2 fully saturated rings. The van der Waals surface area contributed by atoms with Crippen molar-refractivity contribution in [2.45, 2.75) is 38.3 Å². The number of nitrogens with one attached hydrogen (secondary N) is 1. The number of nitrogens with zero attached hydrogens (tertiary/aromatic N) is 3. The van der Waals surface area contributed by atoms with Gasteiger partial charge in [-0.25, -0.2) is 4.79 Å². The van der Waals surface area contributed by atoms with Crippen LogP contribution in [-0.2, 0) is 16.0 Å². The normalized spacial score (nSPS) is 23.7. The van der Waals surface area contributed by atoms with Crippen molar-refractivity contribution in [3.05, 3.63) is 59.3 Å². The van der Waals surface area contributed by atoms with Crippen molar-refractivity contribution in [3.8, 4) is 11.5 Å². The third kappa shape index (κ3) is 3.84. The Hall–Kier alpha value is -3.56. The van der Waals surface area contributed by atoms with Gasteiger partial charge in [0.05, 0.1) is 19.8 Å². The van der Waals surface area contributed by atoms with Gasteiger partial charge in [0.2, 0.25) is 0 Å². The van der Waals surface area contributed by atoms with Crippen molar-refractivity contribution in [1.29, 1.82) is 0 Å². The number of ether oxygens (including phenoxy) is 2. The Balaban J connectivity index is 1.47. The monoisotopic (exact) mass is 518 g/mol. The second kappa shape index (κ2) is 9.63. The Morgan fingerprint density at radius 1 is 1.11 bits per heavy atom. The van der Waals surface area contributed by atoms with Crippen LogP contribution in [0.4, 0.5) is 4.79 Å². The van der Waals surface area contributed by atoms with Crippen LogP contribution in [0.15, 0.2) is 42.5 Å². The molecule has 6 rings (SSSR count). The van der Waals surface area contributed by atoms with Crippen LogP contribution in [-0.4, -0.2) is 88.3 Å². The van der Waals surface area contributed by atoms with Crippen molar-refractivity contribution in [1.82, 2.24) is 19.7 Å². The number of aromatic amines is 1. The van der Waals surface area contributed by atoms with Crippen molar-refractivity contribution in [2.75, 3.05) is 46.0 Å². The Bertz CT molecular complexity index is 1380. The highest BCUT2D eigenvalue weighted by molar-refractivity contribution is 6.08. The zero-order valence-corrected chi connectivity index (χ0v) is 21.9. The van der Waals surface area contributed by atoms with E-state index >= 15 is 0 Å². The number of carbonyl (C=O) groups excluding carboxylic acids is 2. The summed E-state index contributed by atoms with van der Waals surface area (Å²) in [5.41, 5.74) is 2.57. The maximum absolute atomic E-state index is 14.2. The molecule has 9 heteroatoms. The zero-order chi connectivity index (χ0) is 26.4. The van der Waals surface area contributed by atoms with Crippen LogP contribution in [0.25, 0.3) is 10.9 Å². The summed E-state index contributed by atoms with van der Waals surface area (Å²) >= 11 is 0. The summed E-state index contributed by atoms with van der Waals surface area (Å²) in [7, 11) is 0. The van der Waals surface area contributed by atoms with E-state index in [0.29, 0.717) is 45.8 Å². The molecule has 1 aromatic heterocycles. The number of aromatic hydroxyl groups is 1. The lowest BCUT2D eigenvalue weighted by molar-refractivity contribution is -0.134. The lowest BCUT2D eigenvalue weighted by Crippen LogP contribution is -2.55. The number of hydrogen-bond acceptors (Lipinski definition) is 6. The van der Waals surface area contributed by atoms with Crippen LogP contribution in [0.5, 0.6) is 11.5 Å². The third-order valence-corrected chi connectivity index (χ3v) is 8.28. The molecule has 0 bridgehead atoms. The SMILES string of the molecule is CCOc1ccc2[nH]c3c(c2c1)CC1(CC)C(=O)N(CCN2CCOCC2)C(=O)N1C3c1cccc(O)c1. The van der Waals surface area contributed by atoms with Crippen molar-refractivity contribution in [3.63, 3.8) is 0 Å². The Morgan fingerprint density at radius 2 is 1.92 bits per heavy atom. The zero-order valence-electron chi connectivity index (χ0n) is 21.9. The first-order valence-corrected chi connectivity index (χ1v) is 13.5. The predicted octanol–water partition coefficient (Wildman–Crippen LogP) is 3.66. The number of amides is 3. The first kappa shape index (κ1) is 24.8. The van der Waals surface area contributed by atoms with Gasteiger partial charge in [0, 0.05) is 49.2 Å². The van der Waals surface area contributed by atoms with Crippen LogP contribution in [0.3, 0.4) is 0 Å². The van der Waals surface area contributed by atoms with Crippen LogP contribution < -0.4 is 4.74 Å². The molecule has 0 radical (unpaired) electrons. The Kier molecular flexibility index (Phi) is 6.28. The number of phenolic OH excluding ortho intramolecular Hbond substituents is 1. The summed E-state index contributed by atoms with van der Waals surface area (Å²) in [6, 6.07) is 12.1. The predicted molar refractivity (Wildman–Crippen MR) is 142 cm³/mol. The van der Waals surface area contributed by atoms with Gasteiger partial charge in [0.15, 0.2) is 0 Å². The molecular weight excluding hydrogens is 484 g/mol. The fraction of sp³-hybridized carbons (Fsp3) is 0.448. The summed E-state index contributed by atoms with van der Waals surface area (Å²) in [5.74, 6) is 0.739. The minimum atomic E-state index is -1.01. The first-order valence-electron chi connectivity index (χ1n) is 13.5. The molecule has 0 aliphatic carbocycles. The summed E-state index contributed by atoms with van der Waals surface area (Å²) in [6.45, 7) is 8.37. The average molecular weight is 519 g/mol. The number of urea groups is 1. The van der Waals surface area contributed by atoms with E-state index in [1.165, 1.54) is 4.90 Å². The van der Waals surface area contributed by atoms with E-state index in [-0.39, 0.29) is 17.7 Å². The molecular formula is C29H34N4O5. The van der Waals surface area contributed by atoms with Gasteiger partial charge < -0.3 is 19.6 Å². The second-order valence-electron chi connectivity index (χ2n) is 10.3. The molecule has 38 heavy (non-hydrogen) atoms. The van der Waals surface area contributed by atoms with E-state index in [9.17, 15) is 14.7 Å². The smallest absolute Gasteiger partial charge is 0.328 e. The van der Waals surface area contributed by atoms with Gasteiger partial charge in [-0.05, 0) is 54.8 Å². The number of aromatic nitrogens is 1. The van der Waals surface area contributed by atoms with Crippen LogP contribution >= 0.6 is 0 Å². The molecule has 3 aliphatic heterocycles. The fourth-order valence-corrected chi connectivity index (χ4v) is 6.34. The molecule has 200 valence electrons. The number of phenols is 1. The lowest BCUT2D eigenvalue weighted by Gasteiger charge is -2.44. The van der Waals surface area contributed by atoms with Gasteiger partial charge in [-0.3, -0.25) is 19.5 Å². The van der Waals surface area contributed by atoms with Gasteiger partial charge in [-0.2, -0.15) is 0 Å². The van der Waals surface area contributed by atoms with E-state index in [2.05, 4.69) is 9.88 Å². The van der Waals surface area contributed by atoms with Crippen molar-refractivity contribution < 1.29 is 24.2 Å². The second-order valence-corrected chi connectivity index (χ2v) is 10.3. The number of rotatable bonds is 7. The van der Waals surface area contributed by atoms with Gasteiger partial charge in [0.1, 0.15) is 23.1 Å². The maximum Gasteiger partial charge on any atom is 0.328 e. The third-order valence-electron chi connectivity index (χ3n) is 8.28. The van der Waals surface area contributed by atoms with Crippen LogP contribution in [0.1, 0.15) is 43.1 Å². The molecule has 2 saturated heterocycles. The van der Waals surface area contributed by atoms with E-state index in [0.717, 1.165) is 46.6 Å². The van der Waals surface area contributed by atoms with E-state index in [4.69, 9.17) is 9.47 Å². The molecule has 2 N–H and O–H groups in total. The minimum absolute atomic E-state index is 0.119. The molecule has 2 unspecified atom stereocenters. The number of imide groups is 1. The van der Waals surface area contributed by atoms with E-state index in [1.807, 2.05) is 38.1 Å². The molecule has 0 saturated carbocycles. The summed E-state index contributed by atoms with van der Waals surface area (Å²) in [5, 5.41) is 11.4. The number of H-pyrrole nitrogens is 1. The molecule has 0 spiro atoms. The summed E-state index contributed by atoms with van der Waals surface area (Å²) < 4.78 is 11.2. The minimum Gasteiger partial charge on any atom is -0.508 e. The van der Waals surface area contributed by atoms with Crippen LogP contribution in [0.2, 0.25) is 0 Å². The largest absolute Gasteiger partial charge is 0.508 e.